The van der Waals surface area contributed by atoms with Crippen LogP contribution in [0.5, 0.6) is 0 Å². The van der Waals surface area contributed by atoms with Crippen molar-refractivity contribution in [3.8, 4) is 0 Å². The Kier molecular flexibility index (Phi) is 7.82. The van der Waals surface area contributed by atoms with E-state index < -0.39 is 12.0 Å². The molecule has 1 aliphatic heterocycles. The first-order chi connectivity index (χ1) is 13.3. The summed E-state index contributed by atoms with van der Waals surface area (Å²) in [6, 6.07) is 0. The summed E-state index contributed by atoms with van der Waals surface area (Å²) in [5.74, 6) is 0.348. The van der Waals surface area contributed by atoms with E-state index in [-0.39, 0.29) is 12.2 Å². The maximum absolute atomic E-state index is 13.1. The van der Waals surface area contributed by atoms with Crippen molar-refractivity contribution in [1.29, 1.82) is 0 Å². The Balaban J connectivity index is 1.31. The molecule has 162 valence electrons. The van der Waals surface area contributed by atoms with Gasteiger partial charge in [0.1, 0.15) is 0 Å². The average Bonchev–Trinajstić information content (AvgIpc) is 2.68. The molecule has 28 heavy (non-hydrogen) atoms. The Bertz CT molecular complexity index is 495. The van der Waals surface area contributed by atoms with Gasteiger partial charge in [-0.15, -0.1) is 0 Å². The molecule has 0 aromatic carbocycles. The molecule has 0 radical (unpaired) electrons. The Labute approximate surface area is 166 Å². The number of ether oxygens (including phenoxy) is 2. The zero-order valence-corrected chi connectivity index (χ0v) is 16.9. The molecule has 6 heteroatoms. The predicted molar refractivity (Wildman–Crippen MR) is 100 cm³/mol. The largest absolute Gasteiger partial charge is 0.442 e. The molecular weight excluding hydrogens is 372 g/mol. The van der Waals surface area contributed by atoms with Gasteiger partial charge in [0.05, 0.1) is 13.2 Å². The van der Waals surface area contributed by atoms with E-state index in [2.05, 4.69) is 6.92 Å². The van der Waals surface area contributed by atoms with E-state index in [1.165, 1.54) is 25.7 Å². The first kappa shape index (κ1) is 22.1. The SMILES string of the molecule is CC1CCC(C2COC(CCC3CCC(C=C(F)C(F)(F)F)CC3)OC2)CC1. The van der Waals surface area contributed by atoms with Gasteiger partial charge >= 0.3 is 6.18 Å². The first-order valence-electron chi connectivity index (χ1n) is 11.0. The molecule has 1 heterocycles. The molecule has 0 bridgehead atoms. The molecular formula is C22H34F4O2. The number of hydrogen-bond acceptors (Lipinski definition) is 2. The van der Waals surface area contributed by atoms with E-state index in [4.69, 9.17) is 9.47 Å². The maximum atomic E-state index is 13.1. The van der Waals surface area contributed by atoms with Gasteiger partial charge in [0.25, 0.3) is 0 Å². The zero-order valence-electron chi connectivity index (χ0n) is 16.9. The molecule has 3 aliphatic rings. The van der Waals surface area contributed by atoms with Crippen LogP contribution in [0.3, 0.4) is 0 Å². The van der Waals surface area contributed by atoms with Crippen molar-refractivity contribution >= 4 is 0 Å². The fraction of sp³-hybridized carbons (Fsp3) is 0.909. The number of rotatable bonds is 5. The highest BCUT2D eigenvalue weighted by molar-refractivity contribution is 5.02. The summed E-state index contributed by atoms with van der Waals surface area (Å²) in [6.45, 7) is 3.91. The third-order valence-corrected chi connectivity index (χ3v) is 7.07. The van der Waals surface area contributed by atoms with Crippen molar-refractivity contribution in [1.82, 2.24) is 0 Å². The van der Waals surface area contributed by atoms with Crippen molar-refractivity contribution in [2.75, 3.05) is 13.2 Å². The van der Waals surface area contributed by atoms with Crippen LogP contribution in [0.4, 0.5) is 17.6 Å². The van der Waals surface area contributed by atoms with Gasteiger partial charge in [-0.05, 0) is 81.1 Å². The third-order valence-electron chi connectivity index (χ3n) is 7.07. The molecule has 0 aromatic rings. The van der Waals surface area contributed by atoms with Crippen molar-refractivity contribution in [3.05, 3.63) is 11.9 Å². The molecule has 3 fully saturated rings. The Morgan fingerprint density at radius 1 is 0.857 bits per heavy atom. The lowest BCUT2D eigenvalue weighted by Gasteiger charge is -2.37. The standard InChI is InChI=1S/C22H34F4O2/c1-15-2-9-18(10-3-15)19-13-27-21(28-14-19)11-8-16-4-6-17(7-5-16)12-20(23)22(24,25)26/h12,15-19,21H,2-11,13-14H2,1H3. The number of alkyl halides is 3. The molecule has 3 rings (SSSR count). The van der Waals surface area contributed by atoms with Crippen LogP contribution in [0.2, 0.25) is 0 Å². The van der Waals surface area contributed by atoms with Gasteiger partial charge in [-0.1, -0.05) is 19.8 Å². The topological polar surface area (TPSA) is 18.5 Å². The lowest BCUT2D eigenvalue weighted by atomic mass is 9.76. The Morgan fingerprint density at radius 2 is 1.46 bits per heavy atom. The molecule has 2 aliphatic carbocycles. The van der Waals surface area contributed by atoms with Gasteiger partial charge < -0.3 is 9.47 Å². The summed E-state index contributed by atoms with van der Waals surface area (Å²) in [4.78, 5) is 0. The van der Waals surface area contributed by atoms with E-state index in [9.17, 15) is 17.6 Å². The number of allylic oxidation sites excluding steroid dienone is 2. The Hall–Kier alpha value is -0.620. The molecule has 0 spiro atoms. The Morgan fingerprint density at radius 3 is 2.04 bits per heavy atom. The summed E-state index contributed by atoms with van der Waals surface area (Å²) in [5.41, 5.74) is 0. The second kappa shape index (κ2) is 9.92. The van der Waals surface area contributed by atoms with Crippen LogP contribution in [0, 0.1) is 29.6 Å². The summed E-state index contributed by atoms with van der Waals surface area (Å²) in [6.07, 6.45) is 5.76. The second-order valence-corrected chi connectivity index (χ2v) is 9.25. The lowest BCUT2D eigenvalue weighted by molar-refractivity contribution is -0.213. The van der Waals surface area contributed by atoms with Crippen LogP contribution < -0.4 is 0 Å². The van der Waals surface area contributed by atoms with Crippen molar-refractivity contribution in [2.24, 2.45) is 29.6 Å². The van der Waals surface area contributed by atoms with Crippen LogP contribution >= 0.6 is 0 Å². The van der Waals surface area contributed by atoms with Crippen molar-refractivity contribution in [2.45, 2.75) is 83.6 Å². The highest BCUT2D eigenvalue weighted by atomic mass is 19.4. The smallest absolute Gasteiger partial charge is 0.352 e. The van der Waals surface area contributed by atoms with Crippen LogP contribution in [-0.2, 0) is 9.47 Å². The summed E-state index contributed by atoms with van der Waals surface area (Å²) < 4.78 is 61.9. The van der Waals surface area contributed by atoms with E-state index in [1.54, 1.807) is 0 Å². The monoisotopic (exact) mass is 406 g/mol. The normalized spacial score (nSPS) is 38.4. The fourth-order valence-electron chi connectivity index (χ4n) is 5.07. The van der Waals surface area contributed by atoms with Gasteiger partial charge in [-0.3, -0.25) is 0 Å². The van der Waals surface area contributed by atoms with Gasteiger partial charge in [0, 0.05) is 5.92 Å². The van der Waals surface area contributed by atoms with Gasteiger partial charge in [-0.2, -0.15) is 13.2 Å². The van der Waals surface area contributed by atoms with E-state index in [1.807, 2.05) is 0 Å². The summed E-state index contributed by atoms with van der Waals surface area (Å²) >= 11 is 0. The minimum absolute atomic E-state index is 0.140. The van der Waals surface area contributed by atoms with Crippen molar-refractivity contribution in [3.63, 3.8) is 0 Å². The molecule has 1 saturated heterocycles. The van der Waals surface area contributed by atoms with Crippen LogP contribution in [0.25, 0.3) is 0 Å². The average molecular weight is 407 g/mol. The number of halogens is 4. The highest BCUT2D eigenvalue weighted by Gasteiger charge is 2.36. The highest BCUT2D eigenvalue weighted by Crippen LogP contribution is 2.38. The second-order valence-electron chi connectivity index (χ2n) is 9.25. The minimum atomic E-state index is -4.85. The third kappa shape index (κ3) is 6.45. The van der Waals surface area contributed by atoms with E-state index in [0.717, 1.165) is 56.8 Å². The molecule has 0 N–H and O–H groups in total. The van der Waals surface area contributed by atoms with Crippen LogP contribution in [0.1, 0.15) is 71.1 Å². The molecule has 0 unspecified atom stereocenters. The summed E-state index contributed by atoms with van der Waals surface area (Å²) in [7, 11) is 0. The molecule has 2 nitrogen and oxygen atoms in total. The van der Waals surface area contributed by atoms with Gasteiger partial charge in [0.2, 0.25) is 0 Å². The van der Waals surface area contributed by atoms with Crippen LogP contribution in [-0.4, -0.2) is 25.7 Å². The van der Waals surface area contributed by atoms with E-state index in [0.29, 0.717) is 24.7 Å². The van der Waals surface area contributed by atoms with Gasteiger partial charge in [-0.25, -0.2) is 4.39 Å². The van der Waals surface area contributed by atoms with Gasteiger partial charge in [0.15, 0.2) is 12.1 Å². The van der Waals surface area contributed by atoms with Crippen LogP contribution in [0.15, 0.2) is 11.9 Å². The van der Waals surface area contributed by atoms with Crippen molar-refractivity contribution < 1.29 is 27.0 Å². The molecule has 0 aromatic heterocycles. The molecule has 0 amide bonds. The lowest BCUT2D eigenvalue weighted by Crippen LogP contribution is -2.37. The fourth-order valence-corrected chi connectivity index (χ4v) is 5.07. The maximum Gasteiger partial charge on any atom is 0.442 e. The predicted octanol–water partition coefficient (Wildman–Crippen LogP) is 6.80. The van der Waals surface area contributed by atoms with E-state index >= 15 is 0 Å². The summed E-state index contributed by atoms with van der Waals surface area (Å²) in [5, 5.41) is 0. The molecule has 2 saturated carbocycles. The first-order valence-corrected chi connectivity index (χ1v) is 11.0. The zero-order chi connectivity index (χ0) is 20.1. The minimum Gasteiger partial charge on any atom is -0.352 e. The molecule has 0 atom stereocenters. The quantitative estimate of drug-likeness (QED) is 0.467. The number of hydrogen-bond donors (Lipinski definition) is 0.